The van der Waals surface area contributed by atoms with Crippen LogP contribution in [-0.4, -0.2) is 18.7 Å². The Labute approximate surface area is 97.1 Å². The molecule has 0 radical (unpaired) electrons. The quantitative estimate of drug-likeness (QED) is 0.816. The first-order valence-corrected chi connectivity index (χ1v) is 4.89. The van der Waals surface area contributed by atoms with E-state index in [4.69, 9.17) is 0 Å². The van der Waals surface area contributed by atoms with Crippen molar-refractivity contribution in [2.75, 3.05) is 6.54 Å². The van der Waals surface area contributed by atoms with Gasteiger partial charge < -0.3 is 5.32 Å². The first-order valence-electron chi connectivity index (χ1n) is 4.89. The normalized spacial score (nSPS) is 10.5. The maximum Gasteiger partial charge on any atom is 0.217 e. The van der Waals surface area contributed by atoms with E-state index >= 15 is 0 Å². The molecule has 5 heteroatoms. The molecule has 0 spiro atoms. The number of benzene rings is 1. The molecule has 0 aliphatic rings. The van der Waals surface area contributed by atoms with Crippen molar-refractivity contribution in [3.05, 3.63) is 41.0 Å². The fraction of sp³-hybridized carbons (Fsp3) is 0.167. The van der Waals surface area contributed by atoms with E-state index in [-0.39, 0.29) is 29.9 Å². The van der Waals surface area contributed by atoms with Crippen LogP contribution in [0.3, 0.4) is 0 Å². The minimum Gasteiger partial charge on any atom is -0.353 e. The van der Waals surface area contributed by atoms with Gasteiger partial charge in [0.2, 0.25) is 5.91 Å². The Balaban J connectivity index is 2.81. The molecule has 1 N–H and O–H groups in total. The standard InChI is InChI=1S/C12H11F2NO2/c1-8(17)15-4-2-3-9-5-12(14)10(7-16)6-11(9)13/h2-3,5-7H,4H2,1H3,(H,15,17). The lowest BCUT2D eigenvalue weighted by atomic mass is 10.1. The zero-order valence-corrected chi connectivity index (χ0v) is 9.17. The van der Waals surface area contributed by atoms with Gasteiger partial charge in [0.25, 0.3) is 0 Å². The maximum atomic E-state index is 13.3. The monoisotopic (exact) mass is 239 g/mol. The minimum atomic E-state index is -0.777. The topological polar surface area (TPSA) is 46.2 Å². The largest absolute Gasteiger partial charge is 0.353 e. The SMILES string of the molecule is CC(=O)NCC=Cc1cc(F)c(C=O)cc1F. The van der Waals surface area contributed by atoms with E-state index < -0.39 is 11.6 Å². The number of carbonyl (C=O) groups excluding carboxylic acids is 2. The molecule has 0 aromatic heterocycles. The summed E-state index contributed by atoms with van der Waals surface area (Å²) < 4.78 is 26.5. The van der Waals surface area contributed by atoms with Crippen LogP contribution in [0.15, 0.2) is 18.2 Å². The minimum absolute atomic E-state index is 0.0263. The van der Waals surface area contributed by atoms with Crippen molar-refractivity contribution in [2.24, 2.45) is 0 Å². The smallest absolute Gasteiger partial charge is 0.217 e. The molecule has 1 aromatic carbocycles. The van der Waals surface area contributed by atoms with Crippen molar-refractivity contribution in [1.29, 1.82) is 0 Å². The Morgan fingerprint density at radius 1 is 1.29 bits per heavy atom. The highest BCUT2D eigenvalue weighted by atomic mass is 19.1. The van der Waals surface area contributed by atoms with Gasteiger partial charge in [-0.1, -0.05) is 12.2 Å². The van der Waals surface area contributed by atoms with Gasteiger partial charge in [0, 0.05) is 19.0 Å². The molecule has 0 saturated carbocycles. The number of hydrogen-bond acceptors (Lipinski definition) is 2. The van der Waals surface area contributed by atoms with E-state index in [9.17, 15) is 18.4 Å². The van der Waals surface area contributed by atoms with Gasteiger partial charge >= 0.3 is 0 Å². The summed E-state index contributed by atoms with van der Waals surface area (Å²) in [5.41, 5.74) is -0.292. The van der Waals surface area contributed by atoms with Crippen LogP contribution >= 0.6 is 0 Å². The van der Waals surface area contributed by atoms with Crippen LogP contribution in [0.4, 0.5) is 8.78 Å². The molecule has 3 nitrogen and oxygen atoms in total. The molecule has 0 aliphatic carbocycles. The van der Waals surface area contributed by atoms with Crippen LogP contribution in [-0.2, 0) is 4.79 Å². The second-order valence-corrected chi connectivity index (χ2v) is 3.35. The number of hydrogen-bond donors (Lipinski definition) is 1. The number of rotatable bonds is 4. The van der Waals surface area contributed by atoms with Crippen molar-refractivity contribution in [2.45, 2.75) is 6.92 Å². The zero-order valence-electron chi connectivity index (χ0n) is 9.17. The van der Waals surface area contributed by atoms with Gasteiger partial charge in [-0.15, -0.1) is 0 Å². The lowest BCUT2D eigenvalue weighted by Crippen LogP contribution is -2.19. The predicted octanol–water partition coefficient (Wildman–Crippen LogP) is 1.93. The average Bonchev–Trinajstić information content (AvgIpc) is 2.28. The number of amides is 1. The van der Waals surface area contributed by atoms with Crippen LogP contribution in [0.1, 0.15) is 22.8 Å². The fourth-order valence-electron chi connectivity index (χ4n) is 1.18. The fourth-order valence-corrected chi connectivity index (χ4v) is 1.18. The molecular weight excluding hydrogens is 228 g/mol. The van der Waals surface area contributed by atoms with Crippen LogP contribution < -0.4 is 5.32 Å². The molecule has 0 saturated heterocycles. The summed E-state index contributed by atoms with van der Waals surface area (Å²) in [6.07, 6.45) is 3.08. The maximum absolute atomic E-state index is 13.3. The molecule has 1 rings (SSSR count). The third-order valence-electron chi connectivity index (χ3n) is 2.01. The lowest BCUT2D eigenvalue weighted by molar-refractivity contribution is -0.118. The first kappa shape index (κ1) is 13.0. The molecule has 0 heterocycles. The van der Waals surface area contributed by atoms with Crippen molar-refractivity contribution in [1.82, 2.24) is 5.32 Å². The van der Waals surface area contributed by atoms with Crippen LogP contribution in [0.25, 0.3) is 6.08 Å². The third kappa shape index (κ3) is 3.79. The third-order valence-corrected chi connectivity index (χ3v) is 2.01. The highest BCUT2D eigenvalue weighted by Gasteiger charge is 2.06. The summed E-state index contributed by atoms with van der Waals surface area (Å²) >= 11 is 0. The second kappa shape index (κ2) is 5.89. The molecular formula is C12H11F2NO2. The second-order valence-electron chi connectivity index (χ2n) is 3.35. The Morgan fingerprint density at radius 3 is 2.47 bits per heavy atom. The van der Waals surface area contributed by atoms with E-state index in [0.717, 1.165) is 12.1 Å². The van der Waals surface area contributed by atoms with Crippen molar-refractivity contribution >= 4 is 18.3 Å². The van der Waals surface area contributed by atoms with Crippen molar-refractivity contribution < 1.29 is 18.4 Å². The molecule has 90 valence electrons. The van der Waals surface area contributed by atoms with Gasteiger partial charge in [-0.25, -0.2) is 8.78 Å². The van der Waals surface area contributed by atoms with Gasteiger partial charge in [0.15, 0.2) is 6.29 Å². The van der Waals surface area contributed by atoms with Gasteiger partial charge in [-0.3, -0.25) is 9.59 Å². The molecule has 0 atom stereocenters. The Hall–Kier alpha value is -2.04. The summed E-state index contributed by atoms with van der Waals surface area (Å²) in [5.74, 6) is -1.68. The van der Waals surface area contributed by atoms with Gasteiger partial charge in [0.1, 0.15) is 11.6 Å². The van der Waals surface area contributed by atoms with E-state index in [2.05, 4.69) is 5.32 Å². The van der Waals surface area contributed by atoms with Crippen molar-refractivity contribution in [3.63, 3.8) is 0 Å². The highest BCUT2D eigenvalue weighted by molar-refractivity contribution is 5.76. The summed E-state index contributed by atoms with van der Waals surface area (Å²) in [5, 5.41) is 2.47. The number of halogens is 2. The highest BCUT2D eigenvalue weighted by Crippen LogP contribution is 2.14. The summed E-state index contributed by atoms with van der Waals surface area (Å²) in [6, 6.07) is 1.77. The molecule has 17 heavy (non-hydrogen) atoms. The van der Waals surface area contributed by atoms with E-state index in [1.54, 1.807) is 0 Å². The molecule has 0 fully saturated rings. The van der Waals surface area contributed by atoms with Gasteiger partial charge in [-0.05, 0) is 12.1 Å². The van der Waals surface area contributed by atoms with Crippen molar-refractivity contribution in [3.8, 4) is 0 Å². The van der Waals surface area contributed by atoms with Crippen LogP contribution in [0, 0.1) is 11.6 Å². The molecule has 0 aliphatic heterocycles. The zero-order chi connectivity index (χ0) is 12.8. The summed E-state index contributed by atoms with van der Waals surface area (Å²) in [4.78, 5) is 20.9. The summed E-state index contributed by atoms with van der Waals surface area (Å²) in [7, 11) is 0. The molecule has 0 bridgehead atoms. The van der Waals surface area contributed by atoms with E-state index in [0.29, 0.717) is 0 Å². The Kier molecular flexibility index (Phi) is 4.51. The lowest BCUT2D eigenvalue weighted by Gasteiger charge is -2.00. The van der Waals surface area contributed by atoms with E-state index in [1.165, 1.54) is 19.1 Å². The van der Waals surface area contributed by atoms with Crippen LogP contribution in [0.5, 0.6) is 0 Å². The Bertz CT molecular complexity index is 470. The Morgan fingerprint density at radius 2 is 1.88 bits per heavy atom. The first-order chi connectivity index (χ1) is 8.04. The van der Waals surface area contributed by atoms with E-state index in [1.807, 2.05) is 0 Å². The summed E-state index contributed by atoms with van der Waals surface area (Å²) in [6.45, 7) is 1.58. The number of nitrogens with one attached hydrogen (secondary N) is 1. The molecule has 0 unspecified atom stereocenters. The van der Waals surface area contributed by atoms with Gasteiger partial charge in [0.05, 0.1) is 5.56 Å². The average molecular weight is 239 g/mol. The van der Waals surface area contributed by atoms with Crippen LogP contribution in [0.2, 0.25) is 0 Å². The predicted molar refractivity (Wildman–Crippen MR) is 59.5 cm³/mol. The van der Waals surface area contributed by atoms with Gasteiger partial charge in [-0.2, -0.15) is 0 Å². The number of aldehydes is 1. The number of carbonyl (C=O) groups is 2. The molecule has 1 amide bonds. The molecule has 1 aromatic rings.